The van der Waals surface area contributed by atoms with Gasteiger partial charge in [0, 0.05) is 33.3 Å². The van der Waals surface area contributed by atoms with E-state index >= 15 is 0 Å². The van der Waals surface area contributed by atoms with Gasteiger partial charge in [0.1, 0.15) is 5.82 Å². The summed E-state index contributed by atoms with van der Waals surface area (Å²) in [6.45, 7) is 7.11. The summed E-state index contributed by atoms with van der Waals surface area (Å²) in [4.78, 5) is 20.3. The third-order valence-electron chi connectivity index (χ3n) is 4.69. The molecule has 1 N–H and O–H groups in total. The molecule has 0 spiro atoms. The highest BCUT2D eigenvalue weighted by atomic mass is 16.5. The number of aromatic nitrogens is 2. The van der Waals surface area contributed by atoms with Gasteiger partial charge in [-0.25, -0.2) is 4.98 Å². The first kappa shape index (κ1) is 17.1. The van der Waals surface area contributed by atoms with Gasteiger partial charge < -0.3 is 10.1 Å². The minimum atomic E-state index is 0.0289. The number of rotatable bonds is 6. The third kappa shape index (κ3) is 3.36. The van der Waals surface area contributed by atoms with Crippen molar-refractivity contribution in [3.05, 3.63) is 40.4 Å². The molecule has 3 rings (SSSR count). The Balaban J connectivity index is 2.10. The van der Waals surface area contributed by atoms with Crippen molar-refractivity contribution in [2.75, 3.05) is 39.9 Å². The van der Waals surface area contributed by atoms with Crippen molar-refractivity contribution in [2.24, 2.45) is 0 Å². The van der Waals surface area contributed by atoms with Crippen molar-refractivity contribution in [1.82, 2.24) is 19.8 Å². The number of fused-ring (bicyclic) bond motifs is 1. The molecule has 1 aliphatic heterocycles. The summed E-state index contributed by atoms with van der Waals surface area (Å²) in [5.74, 6) is 0.861. The van der Waals surface area contributed by atoms with E-state index in [0.29, 0.717) is 18.5 Å². The predicted octanol–water partition coefficient (Wildman–Crippen LogP) is 1.40. The molecule has 1 atom stereocenters. The minimum Gasteiger partial charge on any atom is -0.383 e. The fourth-order valence-corrected chi connectivity index (χ4v) is 3.44. The molecule has 0 aliphatic carbocycles. The van der Waals surface area contributed by atoms with Crippen molar-refractivity contribution < 1.29 is 4.74 Å². The lowest BCUT2D eigenvalue weighted by molar-refractivity contribution is 0.150. The smallest absolute Gasteiger partial charge is 0.261 e. The van der Waals surface area contributed by atoms with Crippen LogP contribution in [0.2, 0.25) is 0 Å². The fourth-order valence-electron chi connectivity index (χ4n) is 3.44. The van der Waals surface area contributed by atoms with Gasteiger partial charge >= 0.3 is 0 Å². The van der Waals surface area contributed by atoms with Crippen LogP contribution in [-0.2, 0) is 11.3 Å². The fraction of sp³-hybridized carbons (Fsp3) is 0.556. The SMILES string of the molecule is CC[C@H](c1nc2ccccc2c(=O)n1CCOC)N1CCNCC1. The van der Waals surface area contributed by atoms with Crippen LogP contribution in [0.3, 0.4) is 0 Å². The Morgan fingerprint density at radius 1 is 1.29 bits per heavy atom. The molecule has 1 aliphatic rings. The Labute approximate surface area is 142 Å². The van der Waals surface area contributed by atoms with Gasteiger partial charge in [-0.2, -0.15) is 0 Å². The molecule has 0 bridgehead atoms. The van der Waals surface area contributed by atoms with E-state index in [4.69, 9.17) is 9.72 Å². The number of methoxy groups -OCH3 is 1. The monoisotopic (exact) mass is 330 g/mol. The Hall–Kier alpha value is -1.76. The Morgan fingerprint density at radius 3 is 2.75 bits per heavy atom. The summed E-state index contributed by atoms with van der Waals surface area (Å²) >= 11 is 0. The Bertz CT molecular complexity index is 737. The molecule has 1 saturated heterocycles. The molecular weight excluding hydrogens is 304 g/mol. The van der Waals surface area contributed by atoms with Gasteiger partial charge in [-0.05, 0) is 18.6 Å². The molecule has 6 heteroatoms. The van der Waals surface area contributed by atoms with Gasteiger partial charge in [-0.3, -0.25) is 14.3 Å². The van der Waals surface area contributed by atoms with E-state index in [-0.39, 0.29) is 11.6 Å². The first-order valence-corrected chi connectivity index (χ1v) is 8.69. The van der Waals surface area contributed by atoms with Gasteiger partial charge in [0.15, 0.2) is 0 Å². The van der Waals surface area contributed by atoms with Crippen molar-refractivity contribution >= 4 is 10.9 Å². The number of hydrogen-bond acceptors (Lipinski definition) is 5. The van der Waals surface area contributed by atoms with E-state index < -0.39 is 0 Å². The maximum Gasteiger partial charge on any atom is 0.261 e. The predicted molar refractivity (Wildman–Crippen MR) is 95.4 cm³/mol. The summed E-state index contributed by atoms with van der Waals surface area (Å²) in [7, 11) is 1.66. The van der Waals surface area contributed by atoms with Gasteiger partial charge in [0.05, 0.1) is 30.1 Å². The zero-order valence-electron chi connectivity index (χ0n) is 14.5. The molecule has 1 aromatic heterocycles. The highest BCUT2D eigenvalue weighted by molar-refractivity contribution is 5.77. The van der Waals surface area contributed by atoms with E-state index in [9.17, 15) is 4.79 Å². The summed E-state index contributed by atoms with van der Waals surface area (Å²) in [6.07, 6.45) is 0.928. The van der Waals surface area contributed by atoms with Crippen molar-refractivity contribution in [3.8, 4) is 0 Å². The molecule has 130 valence electrons. The second kappa shape index (κ2) is 7.88. The topological polar surface area (TPSA) is 59.4 Å². The van der Waals surface area contributed by atoms with Crippen LogP contribution in [0.15, 0.2) is 29.1 Å². The molecule has 0 unspecified atom stereocenters. The number of piperazine rings is 1. The van der Waals surface area contributed by atoms with E-state index in [2.05, 4.69) is 17.1 Å². The number of hydrogen-bond donors (Lipinski definition) is 1. The highest BCUT2D eigenvalue weighted by Crippen LogP contribution is 2.23. The minimum absolute atomic E-state index is 0.0289. The summed E-state index contributed by atoms with van der Waals surface area (Å²) in [5.41, 5.74) is 0.806. The van der Waals surface area contributed by atoms with Crippen LogP contribution in [-0.4, -0.2) is 54.3 Å². The van der Waals surface area contributed by atoms with Crippen LogP contribution < -0.4 is 10.9 Å². The standard InChI is InChI=1S/C18H26N4O2/c1-3-16(21-10-8-19-9-11-21)17-20-15-7-5-4-6-14(15)18(23)22(17)12-13-24-2/h4-7,16,19H,3,8-13H2,1-2H3/t16-/m1/s1. The lowest BCUT2D eigenvalue weighted by atomic mass is 10.1. The van der Waals surface area contributed by atoms with Gasteiger partial charge in [-0.15, -0.1) is 0 Å². The van der Waals surface area contributed by atoms with Gasteiger partial charge in [0.25, 0.3) is 5.56 Å². The largest absolute Gasteiger partial charge is 0.383 e. The normalized spacial score (nSPS) is 17.2. The highest BCUT2D eigenvalue weighted by Gasteiger charge is 2.25. The van der Waals surface area contributed by atoms with E-state index in [1.54, 1.807) is 7.11 Å². The van der Waals surface area contributed by atoms with Crippen molar-refractivity contribution in [1.29, 1.82) is 0 Å². The van der Waals surface area contributed by atoms with Crippen molar-refractivity contribution in [3.63, 3.8) is 0 Å². The summed E-state index contributed by atoms with van der Waals surface area (Å²) in [5, 5.41) is 4.06. The molecule has 24 heavy (non-hydrogen) atoms. The second-order valence-corrected chi connectivity index (χ2v) is 6.15. The molecule has 0 saturated carbocycles. The summed E-state index contributed by atoms with van der Waals surface area (Å²) in [6, 6.07) is 7.75. The molecule has 0 radical (unpaired) electrons. The van der Waals surface area contributed by atoms with Crippen LogP contribution in [0.1, 0.15) is 25.2 Å². The van der Waals surface area contributed by atoms with E-state index in [0.717, 1.165) is 43.9 Å². The molecule has 2 aromatic rings. The van der Waals surface area contributed by atoms with Gasteiger partial charge in [-0.1, -0.05) is 19.1 Å². The van der Waals surface area contributed by atoms with Gasteiger partial charge in [0.2, 0.25) is 0 Å². The number of nitrogens with zero attached hydrogens (tertiary/aromatic N) is 3. The van der Waals surface area contributed by atoms with Crippen LogP contribution in [0, 0.1) is 0 Å². The zero-order chi connectivity index (χ0) is 16.9. The molecule has 6 nitrogen and oxygen atoms in total. The number of ether oxygens (including phenoxy) is 1. The van der Waals surface area contributed by atoms with Crippen molar-refractivity contribution in [2.45, 2.75) is 25.9 Å². The van der Waals surface area contributed by atoms with Crippen LogP contribution in [0.4, 0.5) is 0 Å². The summed E-state index contributed by atoms with van der Waals surface area (Å²) < 4.78 is 7.02. The molecule has 1 aromatic carbocycles. The van der Waals surface area contributed by atoms with E-state index in [1.807, 2.05) is 28.8 Å². The Kier molecular flexibility index (Phi) is 5.60. The number of nitrogens with one attached hydrogen (secondary N) is 1. The number of benzene rings is 1. The first-order valence-electron chi connectivity index (χ1n) is 8.69. The average Bonchev–Trinajstić information content (AvgIpc) is 2.63. The first-order chi connectivity index (χ1) is 11.8. The van der Waals surface area contributed by atoms with E-state index in [1.165, 1.54) is 0 Å². The second-order valence-electron chi connectivity index (χ2n) is 6.15. The zero-order valence-corrected chi connectivity index (χ0v) is 14.5. The van der Waals surface area contributed by atoms with Crippen LogP contribution in [0.25, 0.3) is 10.9 Å². The quantitative estimate of drug-likeness (QED) is 0.867. The molecular formula is C18H26N4O2. The molecule has 0 amide bonds. The number of para-hydroxylation sites is 1. The van der Waals surface area contributed by atoms with Crippen LogP contribution >= 0.6 is 0 Å². The molecule has 1 fully saturated rings. The maximum atomic E-state index is 13.0. The maximum absolute atomic E-state index is 13.0. The molecule has 2 heterocycles. The Morgan fingerprint density at radius 2 is 2.04 bits per heavy atom. The average molecular weight is 330 g/mol. The lowest BCUT2D eigenvalue weighted by Gasteiger charge is -2.35. The van der Waals surface area contributed by atoms with Crippen LogP contribution in [0.5, 0.6) is 0 Å². The third-order valence-corrected chi connectivity index (χ3v) is 4.69. The lowest BCUT2D eigenvalue weighted by Crippen LogP contribution is -2.46.